The molecule has 128 valence electrons. The summed E-state index contributed by atoms with van der Waals surface area (Å²) < 4.78 is 28.0. The maximum absolute atomic E-state index is 12.3. The molecule has 3 heterocycles. The van der Waals surface area contributed by atoms with Gasteiger partial charge in [0.15, 0.2) is 5.82 Å². The lowest BCUT2D eigenvalue weighted by atomic mass is 10.3. The van der Waals surface area contributed by atoms with E-state index in [9.17, 15) is 8.42 Å². The summed E-state index contributed by atoms with van der Waals surface area (Å²) in [4.78, 5) is 11.0. The smallest absolute Gasteiger partial charge is 0.217 e. The van der Waals surface area contributed by atoms with Gasteiger partial charge in [0.05, 0.1) is 5.25 Å². The Morgan fingerprint density at radius 1 is 1.08 bits per heavy atom. The molecule has 8 nitrogen and oxygen atoms in total. The minimum atomic E-state index is -3.09. The molecule has 0 N–H and O–H groups in total. The molecule has 0 amide bonds. The first kappa shape index (κ1) is 15.5. The second-order valence-electron chi connectivity index (χ2n) is 6.21. The second kappa shape index (κ2) is 5.82. The summed E-state index contributed by atoms with van der Waals surface area (Å²) in [6.45, 7) is 4.16. The Bertz CT molecular complexity index is 824. The molecule has 9 heteroatoms. The van der Waals surface area contributed by atoms with Crippen LogP contribution in [0.5, 0.6) is 0 Å². The van der Waals surface area contributed by atoms with Crippen LogP contribution in [0.3, 0.4) is 0 Å². The van der Waals surface area contributed by atoms with E-state index in [0.717, 1.165) is 24.5 Å². The SMILES string of the molecule is Cc1nc(N2CCN(S(=O)(=O)C3CC3)CC2)cc(-n2cccn2)n1. The van der Waals surface area contributed by atoms with Gasteiger partial charge in [0.2, 0.25) is 10.0 Å². The Labute approximate surface area is 141 Å². The molecular weight excluding hydrogens is 328 g/mol. The third kappa shape index (κ3) is 2.89. The zero-order valence-corrected chi connectivity index (χ0v) is 14.4. The van der Waals surface area contributed by atoms with E-state index < -0.39 is 10.0 Å². The van der Waals surface area contributed by atoms with E-state index >= 15 is 0 Å². The van der Waals surface area contributed by atoms with Crippen LogP contribution in [-0.2, 0) is 10.0 Å². The summed E-state index contributed by atoms with van der Waals surface area (Å²) in [5.74, 6) is 2.21. The summed E-state index contributed by atoms with van der Waals surface area (Å²) in [7, 11) is -3.09. The van der Waals surface area contributed by atoms with E-state index in [-0.39, 0.29) is 5.25 Å². The minimum absolute atomic E-state index is 0.142. The van der Waals surface area contributed by atoms with Crippen LogP contribution in [0.1, 0.15) is 18.7 Å². The highest BCUT2D eigenvalue weighted by Crippen LogP contribution is 2.31. The van der Waals surface area contributed by atoms with Gasteiger partial charge in [0.25, 0.3) is 0 Å². The van der Waals surface area contributed by atoms with Crippen molar-refractivity contribution in [2.24, 2.45) is 0 Å². The van der Waals surface area contributed by atoms with Gasteiger partial charge in [0, 0.05) is 44.6 Å². The van der Waals surface area contributed by atoms with Crippen molar-refractivity contribution in [3.8, 4) is 5.82 Å². The molecule has 0 radical (unpaired) electrons. The number of anilines is 1. The zero-order valence-electron chi connectivity index (χ0n) is 13.5. The van der Waals surface area contributed by atoms with Crippen LogP contribution in [0.2, 0.25) is 0 Å². The number of piperazine rings is 1. The molecule has 0 spiro atoms. The minimum Gasteiger partial charge on any atom is -0.354 e. The maximum atomic E-state index is 12.3. The van der Waals surface area contributed by atoms with Crippen LogP contribution < -0.4 is 4.90 Å². The van der Waals surface area contributed by atoms with E-state index in [1.54, 1.807) is 15.2 Å². The largest absolute Gasteiger partial charge is 0.354 e. The molecule has 4 rings (SSSR count). The standard InChI is InChI=1S/C15H20N6O2S/c1-12-17-14(11-15(18-12)21-6-2-5-16-21)19-7-9-20(10-8-19)24(22,23)13-3-4-13/h2,5-6,11,13H,3-4,7-10H2,1H3. The van der Waals surface area contributed by atoms with Gasteiger partial charge in [-0.25, -0.2) is 23.1 Å². The lowest BCUT2D eigenvalue weighted by Crippen LogP contribution is -2.49. The first-order valence-electron chi connectivity index (χ1n) is 8.14. The predicted molar refractivity (Wildman–Crippen MR) is 89.6 cm³/mol. The van der Waals surface area contributed by atoms with Crippen molar-refractivity contribution in [2.75, 3.05) is 31.1 Å². The number of aromatic nitrogens is 4. The highest BCUT2D eigenvalue weighted by molar-refractivity contribution is 7.90. The number of hydrogen-bond donors (Lipinski definition) is 0. The summed E-state index contributed by atoms with van der Waals surface area (Å²) >= 11 is 0. The first-order valence-corrected chi connectivity index (χ1v) is 9.64. The summed E-state index contributed by atoms with van der Waals surface area (Å²) in [5, 5.41) is 4.06. The molecule has 0 atom stereocenters. The number of rotatable bonds is 4. The van der Waals surface area contributed by atoms with Crippen LogP contribution in [0, 0.1) is 6.92 Å². The molecule has 1 aliphatic carbocycles. The fourth-order valence-electron chi connectivity index (χ4n) is 2.97. The molecule has 2 fully saturated rings. The number of aryl methyl sites for hydroxylation is 1. The monoisotopic (exact) mass is 348 g/mol. The number of nitrogens with zero attached hydrogens (tertiary/aromatic N) is 6. The van der Waals surface area contributed by atoms with Gasteiger partial charge in [-0.2, -0.15) is 9.40 Å². The van der Waals surface area contributed by atoms with Crippen LogP contribution in [0.15, 0.2) is 24.5 Å². The van der Waals surface area contributed by atoms with Crippen molar-refractivity contribution in [1.29, 1.82) is 0 Å². The molecule has 0 bridgehead atoms. The third-order valence-corrected chi connectivity index (χ3v) is 6.82. The Hall–Kier alpha value is -2.00. The van der Waals surface area contributed by atoms with E-state index in [1.165, 1.54) is 0 Å². The van der Waals surface area contributed by atoms with Crippen molar-refractivity contribution >= 4 is 15.8 Å². The fourth-order valence-corrected chi connectivity index (χ4v) is 4.79. The first-order chi connectivity index (χ1) is 11.5. The van der Waals surface area contributed by atoms with Gasteiger partial charge in [-0.05, 0) is 25.8 Å². The number of hydrogen-bond acceptors (Lipinski definition) is 6. The van der Waals surface area contributed by atoms with Crippen molar-refractivity contribution in [3.05, 3.63) is 30.4 Å². The van der Waals surface area contributed by atoms with Gasteiger partial charge in [-0.3, -0.25) is 0 Å². The van der Waals surface area contributed by atoms with Crippen molar-refractivity contribution in [1.82, 2.24) is 24.1 Å². The molecule has 2 aliphatic rings. The summed E-state index contributed by atoms with van der Waals surface area (Å²) in [6, 6.07) is 3.74. The average molecular weight is 348 g/mol. The molecule has 24 heavy (non-hydrogen) atoms. The maximum Gasteiger partial charge on any atom is 0.217 e. The summed E-state index contributed by atoms with van der Waals surface area (Å²) in [6.07, 6.45) is 5.16. The van der Waals surface area contributed by atoms with Crippen LogP contribution in [-0.4, -0.2) is 63.9 Å². The van der Waals surface area contributed by atoms with E-state index in [4.69, 9.17) is 0 Å². The average Bonchev–Trinajstić information content (AvgIpc) is 3.30. The normalized spacial score (nSPS) is 19.6. The van der Waals surface area contributed by atoms with Gasteiger partial charge in [-0.1, -0.05) is 0 Å². The zero-order chi connectivity index (χ0) is 16.7. The van der Waals surface area contributed by atoms with Crippen molar-refractivity contribution in [2.45, 2.75) is 25.0 Å². The Morgan fingerprint density at radius 2 is 1.79 bits per heavy atom. The molecule has 1 aliphatic heterocycles. The molecular formula is C15H20N6O2S. The van der Waals surface area contributed by atoms with E-state index in [2.05, 4.69) is 20.0 Å². The van der Waals surface area contributed by atoms with Crippen LogP contribution >= 0.6 is 0 Å². The second-order valence-corrected chi connectivity index (χ2v) is 8.43. The highest BCUT2D eigenvalue weighted by atomic mass is 32.2. The molecule has 2 aromatic heterocycles. The van der Waals surface area contributed by atoms with Gasteiger partial charge in [-0.15, -0.1) is 0 Å². The van der Waals surface area contributed by atoms with Gasteiger partial charge < -0.3 is 4.90 Å². The Morgan fingerprint density at radius 3 is 2.42 bits per heavy atom. The lowest BCUT2D eigenvalue weighted by molar-refractivity contribution is 0.383. The van der Waals surface area contributed by atoms with Gasteiger partial charge in [0.1, 0.15) is 11.6 Å². The number of sulfonamides is 1. The van der Waals surface area contributed by atoms with E-state index in [0.29, 0.717) is 32.0 Å². The van der Waals surface area contributed by atoms with Crippen LogP contribution in [0.25, 0.3) is 5.82 Å². The molecule has 0 aromatic carbocycles. The molecule has 1 saturated carbocycles. The predicted octanol–water partition coefficient (Wildman–Crippen LogP) is 0.585. The Kier molecular flexibility index (Phi) is 3.76. The Balaban J connectivity index is 1.51. The van der Waals surface area contributed by atoms with Crippen LogP contribution in [0.4, 0.5) is 5.82 Å². The third-order valence-electron chi connectivity index (χ3n) is 4.42. The molecule has 0 unspecified atom stereocenters. The van der Waals surface area contributed by atoms with Crippen molar-refractivity contribution < 1.29 is 8.42 Å². The van der Waals surface area contributed by atoms with E-state index in [1.807, 2.05) is 25.3 Å². The topological polar surface area (TPSA) is 84.2 Å². The van der Waals surface area contributed by atoms with Crippen molar-refractivity contribution in [3.63, 3.8) is 0 Å². The fraction of sp³-hybridized carbons (Fsp3) is 0.533. The van der Waals surface area contributed by atoms with Gasteiger partial charge >= 0.3 is 0 Å². The summed E-state index contributed by atoms with van der Waals surface area (Å²) in [5.41, 5.74) is 0. The highest BCUT2D eigenvalue weighted by Gasteiger charge is 2.41. The molecule has 2 aromatic rings. The quantitative estimate of drug-likeness (QED) is 0.804. The lowest BCUT2D eigenvalue weighted by Gasteiger charge is -2.34. The molecule has 1 saturated heterocycles.